The molecule has 4 aliphatic carbocycles. The summed E-state index contributed by atoms with van der Waals surface area (Å²) in [5.41, 5.74) is 2.72. The number of anilines is 3. The molecule has 0 aromatic carbocycles. The Labute approximate surface area is 268 Å². The quantitative estimate of drug-likeness (QED) is 0.407. The SMILES string of the molecule is CC12C=CC(=O)C=C1CCC1C2=CCC2(C)C1CC[C@@H]2C(=O)CN1CCN(c2cc(N3CCCC3)nc(N3CCCC3)n2)CC1. The number of aromatic nitrogens is 2. The second kappa shape index (κ2) is 11.4. The maximum absolute atomic E-state index is 14.0. The third-order valence-corrected chi connectivity index (χ3v) is 12.9. The molecule has 0 radical (unpaired) electrons. The van der Waals surface area contributed by atoms with Crippen molar-refractivity contribution in [2.75, 3.05) is 73.6 Å². The molecule has 0 N–H and O–H groups in total. The van der Waals surface area contributed by atoms with Crippen LogP contribution in [0.25, 0.3) is 0 Å². The van der Waals surface area contributed by atoms with Crippen LogP contribution in [0.2, 0.25) is 0 Å². The fourth-order valence-corrected chi connectivity index (χ4v) is 10.3. The molecule has 5 fully saturated rings. The van der Waals surface area contributed by atoms with Crippen LogP contribution >= 0.6 is 0 Å². The number of hydrogen-bond acceptors (Lipinski definition) is 8. The molecule has 4 unspecified atom stereocenters. The highest BCUT2D eigenvalue weighted by atomic mass is 16.1. The van der Waals surface area contributed by atoms with E-state index >= 15 is 0 Å². The molecule has 3 aliphatic heterocycles. The van der Waals surface area contributed by atoms with Crippen LogP contribution < -0.4 is 14.7 Å². The highest BCUT2D eigenvalue weighted by Gasteiger charge is 2.57. The summed E-state index contributed by atoms with van der Waals surface area (Å²) >= 11 is 0. The van der Waals surface area contributed by atoms with Gasteiger partial charge in [-0.15, -0.1) is 0 Å². The average Bonchev–Trinajstić information content (AvgIpc) is 3.83. The van der Waals surface area contributed by atoms with Crippen molar-refractivity contribution in [2.24, 2.45) is 28.6 Å². The second-order valence-corrected chi connectivity index (χ2v) is 15.4. The number of piperazine rings is 1. The van der Waals surface area contributed by atoms with Gasteiger partial charge in [-0.25, -0.2) is 0 Å². The smallest absolute Gasteiger partial charge is 0.229 e. The zero-order valence-corrected chi connectivity index (χ0v) is 27.3. The van der Waals surface area contributed by atoms with E-state index in [-0.39, 0.29) is 22.5 Å². The monoisotopic (exact) mass is 610 g/mol. The molecule has 0 bridgehead atoms. The maximum Gasteiger partial charge on any atom is 0.229 e. The zero-order valence-electron chi connectivity index (χ0n) is 27.3. The molecule has 1 aromatic heterocycles. The van der Waals surface area contributed by atoms with Gasteiger partial charge in [-0.2, -0.15) is 9.97 Å². The Balaban J connectivity index is 0.930. The van der Waals surface area contributed by atoms with Gasteiger partial charge in [0.2, 0.25) is 5.95 Å². The van der Waals surface area contributed by atoms with Gasteiger partial charge < -0.3 is 14.7 Å². The standard InChI is InChI=1S/C37H50N6O2/c1-36-13-11-27(44)23-26(36)7-8-28-29-9-10-31(37(29,2)14-12-30(28)36)32(45)25-40-19-21-42(22-20-40)34-24-33(41-15-3-4-16-41)38-35(39-34)43-17-5-6-18-43/h11-13,23-24,28-29,31H,3-10,14-22,25H2,1-2H3/t28?,29?,31-,36?,37?/m1/s1. The Morgan fingerprint density at radius 1 is 0.867 bits per heavy atom. The Kier molecular flexibility index (Phi) is 7.42. The van der Waals surface area contributed by atoms with Crippen molar-refractivity contribution in [2.45, 2.75) is 71.6 Å². The largest absolute Gasteiger partial charge is 0.356 e. The molecule has 3 saturated heterocycles. The third kappa shape index (κ3) is 5.06. The average molecular weight is 611 g/mol. The molecule has 8 heteroatoms. The predicted octanol–water partition coefficient (Wildman–Crippen LogP) is 5.21. The molecule has 0 spiro atoms. The van der Waals surface area contributed by atoms with E-state index < -0.39 is 0 Å². The van der Waals surface area contributed by atoms with Gasteiger partial charge in [0.05, 0.1) is 6.54 Å². The summed E-state index contributed by atoms with van der Waals surface area (Å²) in [6.07, 6.45) is 18.4. The summed E-state index contributed by atoms with van der Waals surface area (Å²) in [4.78, 5) is 45.8. The normalized spacial score (nSPS) is 34.8. The minimum atomic E-state index is -0.117. The first-order valence-electron chi connectivity index (χ1n) is 17.9. The van der Waals surface area contributed by atoms with Gasteiger partial charge in [0.15, 0.2) is 5.78 Å². The minimum absolute atomic E-state index is 0.0394. The van der Waals surface area contributed by atoms with Gasteiger partial charge in [0.1, 0.15) is 17.4 Å². The van der Waals surface area contributed by atoms with Gasteiger partial charge in [-0.1, -0.05) is 30.2 Å². The first-order chi connectivity index (χ1) is 21.8. The van der Waals surface area contributed by atoms with Gasteiger partial charge in [-0.05, 0) is 94.1 Å². The van der Waals surface area contributed by atoms with E-state index in [9.17, 15) is 9.59 Å². The fraction of sp³-hybridized carbons (Fsp3) is 0.676. The molecule has 5 atom stereocenters. The van der Waals surface area contributed by atoms with Crippen molar-refractivity contribution in [3.8, 4) is 0 Å². The predicted molar refractivity (Wildman–Crippen MR) is 179 cm³/mol. The number of nitrogens with zero attached hydrogens (tertiary/aromatic N) is 6. The lowest BCUT2D eigenvalue weighted by molar-refractivity contribution is -0.128. The molecule has 8 rings (SSSR count). The van der Waals surface area contributed by atoms with Gasteiger partial charge in [-0.3, -0.25) is 14.5 Å². The number of rotatable bonds is 6. The molecule has 240 valence electrons. The first-order valence-corrected chi connectivity index (χ1v) is 17.9. The van der Waals surface area contributed by atoms with Crippen molar-refractivity contribution >= 4 is 29.2 Å². The number of carbonyl (C=O) groups excluding carboxylic acids is 2. The van der Waals surface area contributed by atoms with Crippen LogP contribution in [0.15, 0.2) is 41.5 Å². The Bertz CT molecular complexity index is 1410. The van der Waals surface area contributed by atoms with E-state index in [0.717, 1.165) is 102 Å². The molecular weight excluding hydrogens is 560 g/mol. The number of ketones is 2. The maximum atomic E-state index is 14.0. The van der Waals surface area contributed by atoms with Crippen molar-refractivity contribution < 1.29 is 9.59 Å². The van der Waals surface area contributed by atoms with Gasteiger partial charge >= 0.3 is 0 Å². The van der Waals surface area contributed by atoms with Crippen LogP contribution in [-0.4, -0.2) is 85.3 Å². The molecule has 0 amide bonds. The molecule has 8 nitrogen and oxygen atoms in total. The highest BCUT2D eigenvalue weighted by Crippen LogP contribution is 2.64. The molecular formula is C37H50N6O2. The number of Topliss-reactive ketones (excluding diaryl/α,β-unsaturated/α-hetero) is 1. The first kappa shape index (κ1) is 29.4. The van der Waals surface area contributed by atoms with E-state index in [1.54, 1.807) is 6.08 Å². The van der Waals surface area contributed by atoms with E-state index in [1.165, 1.54) is 36.8 Å². The topological polar surface area (TPSA) is 72.9 Å². The molecule has 1 aromatic rings. The van der Waals surface area contributed by atoms with E-state index in [4.69, 9.17) is 9.97 Å². The number of allylic oxidation sites excluding steroid dienone is 6. The summed E-state index contributed by atoms with van der Waals surface area (Å²) in [5.74, 6) is 4.82. The summed E-state index contributed by atoms with van der Waals surface area (Å²) in [7, 11) is 0. The molecule has 45 heavy (non-hydrogen) atoms. The summed E-state index contributed by atoms with van der Waals surface area (Å²) < 4.78 is 0. The van der Waals surface area contributed by atoms with Crippen LogP contribution in [-0.2, 0) is 9.59 Å². The Hall–Kier alpha value is -3.00. The molecule has 7 aliphatic rings. The van der Waals surface area contributed by atoms with Crippen molar-refractivity contribution in [1.82, 2.24) is 14.9 Å². The highest BCUT2D eigenvalue weighted by molar-refractivity contribution is 6.01. The van der Waals surface area contributed by atoms with E-state index in [1.807, 2.05) is 6.08 Å². The third-order valence-electron chi connectivity index (χ3n) is 12.9. The van der Waals surface area contributed by atoms with Crippen LogP contribution in [0, 0.1) is 28.6 Å². The molecule has 2 saturated carbocycles. The van der Waals surface area contributed by atoms with Crippen LogP contribution in [0.1, 0.15) is 71.6 Å². The zero-order chi connectivity index (χ0) is 30.8. The van der Waals surface area contributed by atoms with Gasteiger partial charge in [0.25, 0.3) is 0 Å². The van der Waals surface area contributed by atoms with Gasteiger partial charge in [0, 0.05) is 69.8 Å². The van der Waals surface area contributed by atoms with E-state index in [2.05, 4.69) is 51.7 Å². The second-order valence-electron chi connectivity index (χ2n) is 15.4. The number of fused-ring (bicyclic) bond motifs is 5. The minimum Gasteiger partial charge on any atom is -0.356 e. The van der Waals surface area contributed by atoms with Crippen molar-refractivity contribution in [3.05, 3.63) is 41.5 Å². The lowest BCUT2D eigenvalue weighted by Gasteiger charge is -2.52. The van der Waals surface area contributed by atoms with Crippen LogP contribution in [0.5, 0.6) is 0 Å². The Morgan fingerprint density at radius 2 is 1.53 bits per heavy atom. The number of carbonyl (C=O) groups is 2. The summed E-state index contributed by atoms with van der Waals surface area (Å²) in [6.45, 7) is 13.1. The lowest BCUT2D eigenvalue weighted by Crippen LogP contribution is -2.50. The summed E-state index contributed by atoms with van der Waals surface area (Å²) in [5, 5.41) is 0. The van der Waals surface area contributed by atoms with Crippen LogP contribution in [0.4, 0.5) is 17.6 Å². The molecule has 4 heterocycles. The fourth-order valence-electron chi connectivity index (χ4n) is 10.3. The lowest BCUT2D eigenvalue weighted by atomic mass is 9.52. The number of hydrogen-bond donors (Lipinski definition) is 0. The van der Waals surface area contributed by atoms with E-state index in [0.29, 0.717) is 24.2 Å². The van der Waals surface area contributed by atoms with Crippen molar-refractivity contribution in [1.29, 1.82) is 0 Å². The van der Waals surface area contributed by atoms with Crippen molar-refractivity contribution in [3.63, 3.8) is 0 Å². The Morgan fingerprint density at radius 3 is 2.24 bits per heavy atom. The summed E-state index contributed by atoms with van der Waals surface area (Å²) in [6, 6.07) is 2.21. The van der Waals surface area contributed by atoms with Crippen LogP contribution in [0.3, 0.4) is 0 Å².